The van der Waals surface area contributed by atoms with E-state index in [4.69, 9.17) is 14.3 Å². The van der Waals surface area contributed by atoms with Gasteiger partial charge >= 0.3 is 11.7 Å². The fraction of sp³-hybridized carbons (Fsp3) is 0.346. The minimum atomic E-state index is -1.94. The van der Waals surface area contributed by atoms with Gasteiger partial charge < -0.3 is 23.8 Å². The first kappa shape index (κ1) is 23.8. The van der Waals surface area contributed by atoms with Gasteiger partial charge in [0, 0.05) is 12.7 Å². The number of aryl methyl sites for hydroxylation is 1. The molecule has 0 spiro atoms. The molecule has 3 aliphatic rings. The Hall–Kier alpha value is -3.95. The summed E-state index contributed by atoms with van der Waals surface area (Å²) in [5.74, 6) is -1.71. The van der Waals surface area contributed by atoms with Crippen molar-refractivity contribution < 1.29 is 27.9 Å². The predicted octanol–water partition coefficient (Wildman–Crippen LogP) is 4.26. The molecule has 2 aromatic rings. The molecule has 2 aliphatic heterocycles. The zero-order chi connectivity index (χ0) is 25.4. The number of esters is 1. The second-order valence-corrected chi connectivity index (χ2v) is 8.85. The van der Waals surface area contributed by atoms with Crippen LogP contribution in [0.3, 0.4) is 0 Å². The van der Waals surface area contributed by atoms with E-state index in [9.17, 15) is 13.6 Å². The molecule has 1 aromatic heterocycles. The Labute approximate surface area is 207 Å². The first-order valence-corrected chi connectivity index (χ1v) is 11.6. The third-order valence-electron chi connectivity index (χ3n) is 6.63. The van der Waals surface area contributed by atoms with E-state index in [2.05, 4.69) is 10.1 Å². The SMILES string of the molecule is COC(=O)C1(C2C=C(F)C=CC2F)ON=C2/C(=C\c3ccc(-n4cnc(C)c4)c(OC)c3)CCCN21. The topological polar surface area (TPSA) is 78.2 Å². The highest BCUT2D eigenvalue weighted by Crippen LogP contribution is 2.43. The van der Waals surface area contributed by atoms with Gasteiger partial charge in [0.2, 0.25) is 0 Å². The summed E-state index contributed by atoms with van der Waals surface area (Å²) >= 11 is 0. The number of hydrogen-bond donors (Lipinski definition) is 0. The monoisotopic (exact) mass is 496 g/mol. The smallest absolute Gasteiger partial charge is 0.375 e. The van der Waals surface area contributed by atoms with Gasteiger partial charge in [0.05, 0.1) is 37.8 Å². The van der Waals surface area contributed by atoms with E-state index in [0.717, 1.165) is 40.7 Å². The fourth-order valence-electron chi connectivity index (χ4n) is 4.92. The Morgan fingerprint density at radius 2 is 2.17 bits per heavy atom. The number of carbonyl (C=O) groups excluding carboxylic acids is 1. The number of alkyl halides is 1. The molecule has 36 heavy (non-hydrogen) atoms. The average molecular weight is 497 g/mol. The lowest BCUT2D eigenvalue weighted by atomic mass is 9.84. The first-order valence-electron chi connectivity index (χ1n) is 11.6. The number of carbonyl (C=O) groups is 1. The molecular formula is C26H26F2N4O4. The maximum atomic E-state index is 15.0. The number of allylic oxidation sites excluding steroid dienone is 3. The van der Waals surface area contributed by atoms with Crippen molar-refractivity contribution in [1.29, 1.82) is 0 Å². The number of ether oxygens (including phenoxy) is 2. The van der Waals surface area contributed by atoms with Crippen molar-refractivity contribution in [3.8, 4) is 11.4 Å². The fourth-order valence-corrected chi connectivity index (χ4v) is 4.92. The number of rotatable bonds is 5. The molecule has 5 rings (SSSR count). The maximum absolute atomic E-state index is 15.0. The molecule has 1 aromatic carbocycles. The predicted molar refractivity (Wildman–Crippen MR) is 129 cm³/mol. The van der Waals surface area contributed by atoms with Crippen LogP contribution in [0.2, 0.25) is 0 Å². The van der Waals surface area contributed by atoms with Crippen molar-refractivity contribution in [2.45, 2.75) is 31.7 Å². The number of fused-ring (bicyclic) bond motifs is 1. The lowest BCUT2D eigenvalue weighted by molar-refractivity contribution is -0.196. The van der Waals surface area contributed by atoms with Crippen LogP contribution in [0.5, 0.6) is 5.75 Å². The Bertz CT molecular complexity index is 1310. The summed E-state index contributed by atoms with van der Waals surface area (Å²) in [5, 5.41) is 4.19. The highest BCUT2D eigenvalue weighted by atomic mass is 19.1. The number of hydrogen-bond acceptors (Lipinski definition) is 7. The van der Waals surface area contributed by atoms with Gasteiger partial charge in [0.25, 0.3) is 0 Å². The molecule has 0 radical (unpaired) electrons. The normalized spacial score (nSPS) is 26.2. The van der Waals surface area contributed by atoms with Crippen molar-refractivity contribution in [3.63, 3.8) is 0 Å². The number of oxime groups is 1. The second kappa shape index (κ2) is 9.25. The molecule has 1 fully saturated rings. The van der Waals surface area contributed by atoms with Crippen molar-refractivity contribution in [2.24, 2.45) is 11.1 Å². The third kappa shape index (κ3) is 3.86. The van der Waals surface area contributed by atoms with Crippen LogP contribution < -0.4 is 4.74 Å². The van der Waals surface area contributed by atoms with Gasteiger partial charge in [0.1, 0.15) is 17.7 Å². The Kier molecular flexibility index (Phi) is 6.11. The molecule has 188 valence electrons. The molecule has 0 bridgehead atoms. The second-order valence-electron chi connectivity index (χ2n) is 8.85. The van der Waals surface area contributed by atoms with Crippen LogP contribution in [-0.4, -0.2) is 58.9 Å². The standard InChI is InChI=1S/C26H26F2N4O4/c1-16-14-31(15-29-16)22-9-6-17(12-23(22)34-2)11-18-5-4-10-32-24(18)30-36-26(32,25(33)35-3)20-13-19(27)7-8-21(20)28/h6-9,11-15,20-21H,4-5,10H2,1-3H3/b18-11-. The number of halogens is 2. The minimum absolute atomic E-state index is 0.371. The van der Waals surface area contributed by atoms with E-state index < -0.39 is 29.6 Å². The Balaban J connectivity index is 1.50. The van der Waals surface area contributed by atoms with Crippen LogP contribution >= 0.6 is 0 Å². The molecule has 3 unspecified atom stereocenters. The van der Waals surface area contributed by atoms with Gasteiger partial charge in [-0.1, -0.05) is 11.2 Å². The molecule has 3 atom stereocenters. The van der Waals surface area contributed by atoms with Crippen molar-refractivity contribution in [2.75, 3.05) is 20.8 Å². The number of aromatic nitrogens is 2. The third-order valence-corrected chi connectivity index (χ3v) is 6.63. The number of benzene rings is 1. The lowest BCUT2D eigenvalue weighted by Gasteiger charge is -2.42. The summed E-state index contributed by atoms with van der Waals surface area (Å²) in [4.78, 5) is 24.5. The summed E-state index contributed by atoms with van der Waals surface area (Å²) in [7, 11) is 2.79. The molecule has 1 saturated heterocycles. The van der Waals surface area contributed by atoms with E-state index in [1.54, 1.807) is 18.3 Å². The maximum Gasteiger partial charge on any atom is 0.375 e. The number of amidine groups is 1. The molecular weight excluding hydrogens is 470 g/mol. The zero-order valence-corrected chi connectivity index (χ0v) is 20.1. The number of nitrogens with zero attached hydrogens (tertiary/aromatic N) is 4. The van der Waals surface area contributed by atoms with Gasteiger partial charge in [-0.15, -0.1) is 0 Å². The highest BCUT2D eigenvalue weighted by molar-refractivity contribution is 6.06. The van der Waals surface area contributed by atoms with Crippen molar-refractivity contribution >= 4 is 17.9 Å². The molecule has 0 saturated carbocycles. The minimum Gasteiger partial charge on any atom is -0.495 e. The highest BCUT2D eigenvalue weighted by Gasteiger charge is 2.62. The summed E-state index contributed by atoms with van der Waals surface area (Å²) < 4.78 is 41.6. The van der Waals surface area contributed by atoms with Crippen molar-refractivity contribution in [3.05, 3.63) is 71.6 Å². The molecule has 8 nitrogen and oxygen atoms in total. The molecule has 1 aliphatic carbocycles. The van der Waals surface area contributed by atoms with E-state index in [1.165, 1.54) is 7.11 Å². The summed E-state index contributed by atoms with van der Waals surface area (Å²) in [6.45, 7) is 2.28. The molecule has 0 amide bonds. The van der Waals surface area contributed by atoms with Crippen molar-refractivity contribution in [1.82, 2.24) is 14.5 Å². The molecule has 0 N–H and O–H groups in total. The van der Waals surface area contributed by atoms with Crippen LogP contribution in [0.1, 0.15) is 24.1 Å². The van der Waals surface area contributed by atoms with E-state index in [0.29, 0.717) is 31.0 Å². The van der Waals surface area contributed by atoms with Gasteiger partial charge in [0.15, 0.2) is 5.84 Å². The van der Waals surface area contributed by atoms with Gasteiger partial charge in [-0.25, -0.2) is 18.6 Å². The van der Waals surface area contributed by atoms with Crippen LogP contribution in [-0.2, 0) is 14.4 Å². The average Bonchev–Trinajstić information content (AvgIpc) is 3.50. The summed E-state index contributed by atoms with van der Waals surface area (Å²) in [6, 6.07) is 5.75. The summed E-state index contributed by atoms with van der Waals surface area (Å²) in [5.41, 5.74) is 1.43. The van der Waals surface area contributed by atoms with Gasteiger partial charge in [-0.2, -0.15) is 0 Å². The van der Waals surface area contributed by atoms with Crippen LogP contribution in [0.25, 0.3) is 11.8 Å². The lowest BCUT2D eigenvalue weighted by Crippen LogP contribution is -2.62. The van der Waals surface area contributed by atoms with E-state index in [-0.39, 0.29) is 0 Å². The Morgan fingerprint density at radius 1 is 1.33 bits per heavy atom. The Morgan fingerprint density at radius 3 is 2.89 bits per heavy atom. The summed E-state index contributed by atoms with van der Waals surface area (Å²) in [6.07, 6.45) is 8.37. The number of methoxy groups -OCH3 is 2. The van der Waals surface area contributed by atoms with Crippen LogP contribution in [0, 0.1) is 12.8 Å². The largest absolute Gasteiger partial charge is 0.495 e. The first-order chi connectivity index (χ1) is 17.4. The van der Waals surface area contributed by atoms with Crippen LogP contribution in [0.4, 0.5) is 8.78 Å². The zero-order valence-electron chi connectivity index (χ0n) is 20.1. The van der Waals surface area contributed by atoms with Crippen LogP contribution in [0.15, 0.2) is 65.5 Å². The molecule has 3 heterocycles. The van der Waals surface area contributed by atoms with E-state index >= 15 is 0 Å². The quantitative estimate of drug-likeness (QED) is 0.576. The molecule has 10 heteroatoms. The van der Waals surface area contributed by atoms with Gasteiger partial charge in [-0.3, -0.25) is 0 Å². The number of imidazole rings is 1. The van der Waals surface area contributed by atoms with Gasteiger partial charge in [-0.05, 0) is 67.3 Å². The van der Waals surface area contributed by atoms with E-state index in [1.807, 2.05) is 42.0 Å². The number of piperidine rings is 1.